The van der Waals surface area contributed by atoms with Gasteiger partial charge in [-0.05, 0) is 24.3 Å². The standard InChI is InChI=1S/C18H15FN6O3/c19-17-7-14(3-4-16(17)12-1-2-13(9-22-27)20-8-12)25-11-15(28-18(25)26)10-24-6-5-21-23-24/h1-9,15,27H,10-11H2/t15-/m0/s1. The molecule has 1 fully saturated rings. The summed E-state index contributed by atoms with van der Waals surface area (Å²) in [6, 6.07) is 7.80. The molecule has 1 atom stereocenters. The highest BCUT2D eigenvalue weighted by molar-refractivity contribution is 5.90. The topological polar surface area (TPSA) is 106 Å². The van der Waals surface area contributed by atoms with E-state index in [4.69, 9.17) is 9.94 Å². The van der Waals surface area contributed by atoms with E-state index in [1.165, 1.54) is 23.4 Å². The van der Waals surface area contributed by atoms with Crippen molar-refractivity contribution in [2.24, 2.45) is 5.16 Å². The lowest BCUT2D eigenvalue weighted by molar-refractivity contribution is 0.129. The molecule has 3 heterocycles. The van der Waals surface area contributed by atoms with Gasteiger partial charge in [-0.3, -0.25) is 9.88 Å². The van der Waals surface area contributed by atoms with Gasteiger partial charge in [0.1, 0.15) is 11.9 Å². The highest BCUT2D eigenvalue weighted by Crippen LogP contribution is 2.29. The number of hydrogen-bond acceptors (Lipinski definition) is 7. The van der Waals surface area contributed by atoms with Gasteiger partial charge in [-0.25, -0.2) is 13.9 Å². The molecule has 1 saturated heterocycles. The van der Waals surface area contributed by atoms with Crippen molar-refractivity contribution in [2.45, 2.75) is 12.6 Å². The molecule has 1 aliphatic heterocycles. The smallest absolute Gasteiger partial charge is 0.414 e. The number of carbonyl (C=O) groups excluding carboxylic acids is 1. The first-order valence-electron chi connectivity index (χ1n) is 8.39. The molecule has 28 heavy (non-hydrogen) atoms. The fourth-order valence-corrected chi connectivity index (χ4v) is 2.97. The number of halogens is 1. The Kier molecular flexibility index (Phi) is 4.67. The maximum absolute atomic E-state index is 14.7. The van der Waals surface area contributed by atoms with Gasteiger partial charge in [-0.1, -0.05) is 16.4 Å². The molecule has 4 rings (SSSR count). The van der Waals surface area contributed by atoms with Gasteiger partial charge in [-0.2, -0.15) is 0 Å². The second kappa shape index (κ2) is 7.43. The molecule has 142 valence electrons. The summed E-state index contributed by atoms with van der Waals surface area (Å²) in [7, 11) is 0. The highest BCUT2D eigenvalue weighted by atomic mass is 19.1. The summed E-state index contributed by atoms with van der Waals surface area (Å²) in [5.74, 6) is -0.490. The fraction of sp³-hybridized carbons (Fsp3) is 0.167. The number of cyclic esters (lactones) is 1. The second-order valence-corrected chi connectivity index (χ2v) is 6.12. The number of ether oxygens (including phenoxy) is 1. The van der Waals surface area contributed by atoms with Crippen molar-refractivity contribution >= 4 is 18.0 Å². The van der Waals surface area contributed by atoms with Crippen LogP contribution < -0.4 is 4.90 Å². The van der Waals surface area contributed by atoms with E-state index in [0.29, 0.717) is 29.1 Å². The average molecular weight is 382 g/mol. The monoisotopic (exact) mass is 382 g/mol. The Bertz CT molecular complexity index is 1010. The molecule has 0 aliphatic carbocycles. The highest BCUT2D eigenvalue weighted by Gasteiger charge is 2.33. The number of oxime groups is 1. The normalized spacial score (nSPS) is 16.7. The van der Waals surface area contributed by atoms with E-state index in [1.807, 2.05) is 0 Å². The largest absolute Gasteiger partial charge is 0.442 e. The maximum atomic E-state index is 14.7. The Balaban J connectivity index is 1.51. The minimum Gasteiger partial charge on any atom is -0.442 e. The molecule has 0 unspecified atom stereocenters. The zero-order chi connectivity index (χ0) is 19.5. The van der Waals surface area contributed by atoms with Crippen LogP contribution in [0, 0.1) is 5.82 Å². The van der Waals surface area contributed by atoms with E-state index in [1.54, 1.807) is 41.3 Å². The number of amides is 1. The third kappa shape index (κ3) is 3.52. The third-order valence-corrected chi connectivity index (χ3v) is 4.29. The number of carbonyl (C=O) groups is 1. The summed E-state index contributed by atoms with van der Waals surface area (Å²) in [4.78, 5) is 17.6. The molecular weight excluding hydrogens is 367 g/mol. The molecule has 10 heteroatoms. The molecule has 0 spiro atoms. The van der Waals surface area contributed by atoms with Crippen LogP contribution in [0.15, 0.2) is 54.1 Å². The van der Waals surface area contributed by atoms with Crippen molar-refractivity contribution in [1.29, 1.82) is 0 Å². The first-order valence-corrected chi connectivity index (χ1v) is 8.39. The summed E-state index contributed by atoms with van der Waals surface area (Å²) < 4.78 is 21.6. The Hall–Kier alpha value is -3.82. The van der Waals surface area contributed by atoms with Crippen molar-refractivity contribution in [3.63, 3.8) is 0 Å². The zero-order valence-electron chi connectivity index (χ0n) is 14.5. The van der Waals surface area contributed by atoms with Crippen molar-refractivity contribution in [3.05, 3.63) is 60.4 Å². The van der Waals surface area contributed by atoms with Gasteiger partial charge in [0, 0.05) is 23.5 Å². The van der Waals surface area contributed by atoms with Crippen molar-refractivity contribution in [2.75, 3.05) is 11.4 Å². The number of benzene rings is 1. The number of pyridine rings is 1. The number of rotatable bonds is 5. The molecule has 0 saturated carbocycles. The van der Waals surface area contributed by atoms with Crippen LogP contribution in [0.3, 0.4) is 0 Å². The Labute approximate surface area is 158 Å². The summed E-state index contributed by atoms with van der Waals surface area (Å²) in [5, 5.41) is 19.0. The number of nitrogens with zero attached hydrogens (tertiary/aromatic N) is 6. The van der Waals surface area contributed by atoms with Gasteiger partial charge in [0.2, 0.25) is 0 Å². The second-order valence-electron chi connectivity index (χ2n) is 6.12. The predicted molar refractivity (Wildman–Crippen MR) is 96.6 cm³/mol. The predicted octanol–water partition coefficient (Wildman–Crippen LogP) is 2.31. The van der Waals surface area contributed by atoms with Gasteiger partial charge in [0.25, 0.3) is 0 Å². The third-order valence-electron chi connectivity index (χ3n) is 4.29. The first kappa shape index (κ1) is 17.6. The molecule has 1 amide bonds. The van der Waals surface area contributed by atoms with E-state index in [0.717, 1.165) is 0 Å². The Morgan fingerprint density at radius 1 is 1.36 bits per heavy atom. The maximum Gasteiger partial charge on any atom is 0.414 e. The number of anilines is 1. The summed E-state index contributed by atoms with van der Waals surface area (Å²) in [5.41, 5.74) is 1.76. The van der Waals surface area contributed by atoms with Gasteiger partial charge in [0.15, 0.2) is 0 Å². The van der Waals surface area contributed by atoms with Gasteiger partial charge >= 0.3 is 6.09 Å². The van der Waals surface area contributed by atoms with Gasteiger partial charge in [-0.15, -0.1) is 5.10 Å². The van der Waals surface area contributed by atoms with Crippen LogP contribution in [0.4, 0.5) is 14.9 Å². The fourth-order valence-electron chi connectivity index (χ4n) is 2.97. The molecule has 1 N–H and O–H groups in total. The van der Waals surface area contributed by atoms with Gasteiger partial charge in [0.05, 0.1) is 36.9 Å². The first-order chi connectivity index (χ1) is 13.6. The van der Waals surface area contributed by atoms with E-state index in [-0.39, 0.29) is 6.54 Å². The molecule has 2 aromatic heterocycles. The zero-order valence-corrected chi connectivity index (χ0v) is 14.5. The number of aromatic nitrogens is 4. The molecule has 0 bridgehead atoms. The average Bonchev–Trinajstić information content (AvgIpc) is 3.32. The lowest BCUT2D eigenvalue weighted by Crippen LogP contribution is -2.26. The van der Waals surface area contributed by atoms with Crippen molar-refractivity contribution in [1.82, 2.24) is 20.0 Å². The van der Waals surface area contributed by atoms with Crippen LogP contribution in [0.1, 0.15) is 5.69 Å². The van der Waals surface area contributed by atoms with E-state index in [2.05, 4.69) is 20.5 Å². The van der Waals surface area contributed by atoms with Gasteiger partial charge < -0.3 is 9.94 Å². The van der Waals surface area contributed by atoms with Crippen LogP contribution in [-0.2, 0) is 11.3 Å². The summed E-state index contributed by atoms with van der Waals surface area (Å²) in [6.07, 6.45) is 4.94. The summed E-state index contributed by atoms with van der Waals surface area (Å²) >= 11 is 0. The Morgan fingerprint density at radius 2 is 2.25 bits per heavy atom. The van der Waals surface area contributed by atoms with Crippen molar-refractivity contribution in [3.8, 4) is 11.1 Å². The van der Waals surface area contributed by atoms with E-state index >= 15 is 0 Å². The van der Waals surface area contributed by atoms with Crippen molar-refractivity contribution < 1.29 is 19.1 Å². The molecule has 9 nitrogen and oxygen atoms in total. The van der Waals surface area contributed by atoms with Crippen LogP contribution in [0.2, 0.25) is 0 Å². The van der Waals surface area contributed by atoms with Crippen LogP contribution in [0.5, 0.6) is 0 Å². The van der Waals surface area contributed by atoms with E-state index < -0.39 is 18.0 Å². The lowest BCUT2D eigenvalue weighted by Gasteiger charge is -2.14. The lowest BCUT2D eigenvalue weighted by atomic mass is 10.1. The molecule has 1 aromatic carbocycles. The molecule has 1 aliphatic rings. The number of hydrogen-bond donors (Lipinski definition) is 1. The van der Waals surface area contributed by atoms with Crippen LogP contribution >= 0.6 is 0 Å². The molecule has 0 radical (unpaired) electrons. The Morgan fingerprint density at radius 3 is 2.93 bits per heavy atom. The SMILES string of the molecule is O=C1O[C@@H](Cn2ccnn2)CN1c1ccc(-c2ccc(C=NO)nc2)c(F)c1. The van der Waals surface area contributed by atoms with Crippen LogP contribution in [0.25, 0.3) is 11.1 Å². The molecule has 3 aromatic rings. The minimum absolute atomic E-state index is 0.286. The van der Waals surface area contributed by atoms with E-state index in [9.17, 15) is 9.18 Å². The molecular formula is C18H15FN6O3. The quantitative estimate of drug-likeness (QED) is 0.412. The summed E-state index contributed by atoms with van der Waals surface area (Å²) in [6.45, 7) is 0.659. The van der Waals surface area contributed by atoms with Crippen LogP contribution in [-0.4, -0.2) is 50.1 Å². The minimum atomic E-state index is -0.536.